The Kier molecular flexibility index (Phi) is 9.10. The molecule has 0 radical (unpaired) electrons. The van der Waals surface area contributed by atoms with Crippen molar-refractivity contribution in [3.8, 4) is 11.1 Å². The number of rotatable bonds is 9. The number of aliphatic hydroxyl groups excluding tert-OH is 1. The quantitative estimate of drug-likeness (QED) is 0.212. The smallest absolute Gasteiger partial charge is 0.416 e. The highest BCUT2D eigenvalue weighted by Crippen LogP contribution is 2.38. The monoisotopic (exact) mass is 591 g/mol. The van der Waals surface area contributed by atoms with Gasteiger partial charge in [0.05, 0.1) is 28.8 Å². The number of halogens is 6. The van der Waals surface area contributed by atoms with E-state index in [0.29, 0.717) is 43.5 Å². The van der Waals surface area contributed by atoms with E-state index in [2.05, 4.69) is 0 Å². The number of alkyl halides is 6. The van der Waals surface area contributed by atoms with Crippen LogP contribution >= 0.6 is 0 Å². The summed E-state index contributed by atoms with van der Waals surface area (Å²) in [5.41, 5.74) is -1.39. The highest BCUT2D eigenvalue weighted by Gasteiger charge is 2.37. The average Bonchev–Trinajstić information content (AvgIpc) is 3.28. The summed E-state index contributed by atoms with van der Waals surface area (Å²) in [7, 11) is 0. The van der Waals surface area contributed by atoms with E-state index in [1.165, 1.54) is 36.4 Å². The van der Waals surface area contributed by atoms with Gasteiger partial charge in [0, 0.05) is 19.4 Å². The van der Waals surface area contributed by atoms with Gasteiger partial charge in [0.25, 0.3) is 0 Å². The lowest BCUT2D eigenvalue weighted by molar-refractivity contribution is -0.143. The van der Waals surface area contributed by atoms with Crippen molar-refractivity contribution in [3.05, 3.63) is 107 Å². The summed E-state index contributed by atoms with van der Waals surface area (Å²) < 4.78 is 79.7. The molecule has 1 amide bonds. The number of hydrogen-bond acceptors (Lipinski definition) is 3. The van der Waals surface area contributed by atoms with Crippen LogP contribution in [-0.4, -0.2) is 45.7 Å². The zero-order valence-electron chi connectivity index (χ0n) is 22.1. The molecule has 1 saturated heterocycles. The van der Waals surface area contributed by atoms with E-state index in [-0.39, 0.29) is 41.1 Å². The maximum Gasteiger partial charge on any atom is 0.416 e. The summed E-state index contributed by atoms with van der Waals surface area (Å²) in [6.45, 7) is 0.398. The lowest BCUT2D eigenvalue weighted by Crippen LogP contribution is -2.33. The van der Waals surface area contributed by atoms with Gasteiger partial charge in [-0.3, -0.25) is 4.79 Å². The number of aliphatic hydroxyl groups is 1. The molecule has 5 nitrogen and oxygen atoms in total. The molecular formula is C31H27F6NO4. The number of hydrogen-bond donors (Lipinski definition) is 2. The van der Waals surface area contributed by atoms with Gasteiger partial charge in [-0.05, 0) is 65.4 Å². The van der Waals surface area contributed by atoms with E-state index in [4.69, 9.17) is 5.11 Å². The molecule has 1 heterocycles. The van der Waals surface area contributed by atoms with E-state index in [0.717, 1.165) is 5.56 Å². The van der Waals surface area contributed by atoms with Crippen LogP contribution in [0.15, 0.2) is 78.9 Å². The molecule has 1 aliphatic heterocycles. The lowest BCUT2D eigenvalue weighted by atomic mass is 9.96. The molecule has 42 heavy (non-hydrogen) atoms. The number of carboxylic acid groups (broad SMARTS) is 1. The zero-order valence-corrected chi connectivity index (χ0v) is 22.1. The minimum atomic E-state index is -4.96. The number of likely N-dealkylation sites (tertiary alicyclic amines) is 1. The average molecular weight is 592 g/mol. The van der Waals surface area contributed by atoms with Crippen molar-refractivity contribution in [2.24, 2.45) is 0 Å². The number of carbonyl (C=O) groups is 2. The number of nitrogens with zero attached hydrogens (tertiary/aromatic N) is 1. The number of benzene rings is 3. The van der Waals surface area contributed by atoms with Crippen molar-refractivity contribution in [2.75, 3.05) is 6.54 Å². The molecule has 0 aliphatic carbocycles. The topological polar surface area (TPSA) is 77.8 Å². The van der Waals surface area contributed by atoms with Crippen LogP contribution in [0, 0.1) is 0 Å². The Bertz CT molecular complexity index is 1430. The first-order valence-corrected chi connectivity index (χ1v) is 13.1. The second-order valence-electron chi connectivity index (χ2n) is 10.1. The van der Waals surface area contributed by atoms with Crippen LogP contribution in [0.4, 0.5) is 26.3 Å². The Morgan fingerprint density at radius 2 is 1.55 bits per heavy atom. The maximum absolute atomic E-state index is 13.3. The Labute approximate surface area is 237 Å². The summed E-state index contributed by atoms with van der Waals surface area (Å²) in [4.78, 5) is 25.1. The molecule has 0 bridgehead atoms. The van der Waals surface area contributed by atoms with Crippen LogP contribution in [0.5, 0.6) is 0 Å². The molecule has 11 heteroatoms. The second-order valence-corrected chi connectivity index (χ2v) is 10.1. The van der Waals surface area contributed by atoms with Crippen molar-refractivity contribution in [3.63, 3.8) is 0 Å². The van der Waals surface area contributed by atoms with Crippen LogP contribution in [0.3, 0.4) is 0 Å². The van der Waals surface area contributed by atoms with Gasteiger partial charge >= 0.3 is 18.3 Å². The van der Waals surface area contributed by atoms with Crippen molar-refractivity contribution in [1.82, 2.24) is 4.90 Å². The molecule has 0 aromatic heterocycles. The lowest BCUT2D eigenvalue weighted by Gasteiger charge is -2.23. The van der Waals surface area contributed by atoms with Crippen LogP contribution in [0.25, 0.3) is 11.1 Å². The largest absolute Gasteiger partial charge is 0.478 e. The summed E-state index contributed by atoms with van der Waals surface area (Å²) in [5.74, 6) is -1.08. The predicted molar refractivity (Wildman–Crippen MR) is 143 cm³/mol. The first kappa shape index (κ1) is 30.8. The molecule has 2 N–H and O–H groups in total. The Morgan fingerprint density at radius 3 is 2.14 bits per heavy atom. The third kappa shape index (κ3) is 7.79. The second kappa shape index (κ2) is 12.4. The standard InChI is InChI=1S/C31H27F6NO4/c32-30(33,34)24-16-23(17-25(18-24)31(35,36)37)22-3-1-2-20(14-22)15-27(39)10-8-26-9-11-28(40)38(26)13-12-19-4-6-21(7-5-19)29(41)42/h1-8,10,14,16-18,26-27,39H,9,11-13,15H2,(H,41,42)/t26-,27+/m0/s1. The molecule has 1 aliphatic rings. The van der Waals surface area contributed by atoms with Crippen LogP contribution < -0.4 is 0 Å². The molecule has 4 rings (SSSR count). The normalized spacial score (nSPS) is 16.8. The SMILES string of the molecule is O=C(O)c1ccc(CCN2C(=O)CC[C@@H]2C=C[C@@H](O)Cc2cccc(-c3cc(C(F)(F)F)cc(C(F)(F)F)c3)c2)cc1. The maximum atomic E-state index is 13.3. The van der Waals surface area contributed by atoms with Crippen molar-refractivity contribution >= 4 is 11.9 Å². The van der Waals surface area contributed by atoms with Crippen LogP contribution in [0.2, 0.25) is 0 Å². The molecule has 0 saturated carbocycles. The van der Waals surface area contributed by atoms with E-state index >= 15 is 0 Å². The molecule has 222 valence electrons. The van der Waals surface area contributed by atoms with Gasteiger partial charge < -0.3 is 15.1 Å². The summed E-state index contributed by atoms with van der Waals surface area (Å²) in [6.07, 6.45) is -6.26. The van der Waals surface area contributed by atoms with Gasteiger partial charge in [0.15, 0.2) is 0 Å². The molecule has 0 spiro atoms. The number of carboxylic acids is 1. The fourth-order valence-corrected chi connectivity index (χ4v) is 4.88. The van der Waals surface area contributed by atoms with Gasteiger partial charge in [-0.15, -0.1) is 0 Å². The van der Waals surface area contributed by atoms with Gasteiger partial charge in [-0.1, -0.05) is 48.6 Å². The first-order valence-electron chi connectivity index (χ1n) is 13.1. The molecule has 3 aromatic carbocycles. The molecule has 2 atom stereocenters. The van der Waals surface area contributed by atoms with E-state index in [9.17, 15) is 41.0 Å². The summed E-state index contributed by atoms with van der Waals surface area (Å²) >= 11 is 0. The number of carbonyl (C=O) groups excluding carboxylic acids is 1. The van der Waals surface area contributed by atoms with Crippen LogP contribution in [0.1, 0.15) is 45.5 Å². The van der Waals surface area contributed by atoms with E-state index in [1.54, 1.807) is 29.2 Å². The summed E-state index contributed by atoms with van der Waals surface area (Å²) in [6, 6.07) is 13.5. The zero-order chi connectivity index (χ0) is 30.7. The number of amides is 1. The third-order valence-electron chi connectivity index (χ3n) is 7.07. The Balaban J connectivity index is 1.43. The minimum absolute atomic E-state index is 0.0476. The van der Waals surface area contributed by atoms with E-state index < -0.39 is 35.6 Å². The molecule has 0 unspecified atom stereocenters. The molecule has 3 aromatic rings. The van der Waals surface area contributed by atoms with Gasteiger partial charge in [0.1, 0.15) is 0 Å². The summed E-state index contributed by atoms with van der Waals surface area (Å²) in [5, 5.41) is 19.6. The van der Waals surface area contributed by atoms with E-state index in [1.807, 2.05) is 0 Å². The highest BCUT2D eigenvalue weighted by molar-refractivity contribution is 5.87. The predicted octanol–water partition coefficient (Wildman–Crippen LogP) is 6.78. The van der Waals surface area contributed by atoms with Crippen molar-refractivity contribution in [1.29, 1.82) is 0 Å². The first-order chi connectivity index (χ1) is 19.7. The fraction of sp³-hybridized carbons (Fsp3) is 0.290. The van der Waals surface area contributed by atoms with Gasteiger partial charge in [-0.2, -0.15) is 26.3 Å². The highest BCUT2D eigenvalue weighted by atomic mass is 19.4. The van der Waals surface area contributed by atoms with Crippen LogP contribution in [-0.2, 0) is 30.0 Å². The fourth-order valence-electron chi connectivity index (χ4n) is 4.88. The Hall–Kier alpha value is -4.12. The minimum Gasteiger partial charge on any atom is -0.478 e. The Morgan fingerprint density at radius 1 is 0.905 bits per heavy atom. The molecular weight excluding hydrogens is 564 g/mol. The third-order valence-corrected chi connectivity index (χ3v) is 7.07. The van der Waals surface area contributed by atoms with Gasteiger partial charge in [0.2, 0.25) is 5.91 Å². The molecule has 1 fully saturated rings. The van der Waals surface area contributed by atoms with Crippen molar-refractivity contribution < 1.29 is 46.1 Å². The number of aromatic carboxylic acids is 1. The van der Waals surface area contributed by atoms with Crippen molar-refractivity contribution in [2.45, 2.75) is 50.2 Å². The van der Waals surface area contributed by atoms with Gasteiger partial charge in [-0.25, -0.2) is 4.79 Å².